The number of piperidine rings is 1. The van der Waals surface area contributed by atoms with Crippen molar-refractivity contribution >= 4 is 11.6 Å². The van der Waals surface area contributed by atoms with Gasteiger partial charge in [0.05, 0.1) is 39.6 Å². The molecule has 9 heteroatoms. The van der Waals surface area contributed by atoms with Crippen molar-refractivity contribution < 1.29 is 33.5 Å². The van der Waals surface area contributed by atoms with Crippen LogP contribution >= 0.6 is 11.6 Å². The first-order chi connectivity index (χ1) is 31.3. The lowest BCUT2D eigenvalue weighted by Crippen LogP contribution is -2.58. The maximum Gasteiger partial charge on any atom is 0.218 e. The summed E-state index contributed by atoms with van der Waals surface area (Å²) in [6.07, 6.45) is 1.33. The Morgan fingerprint density at radius 3 is 1.67 bits per heavy atom. The number of hydrogen-bond acceptors (Lipinski definition) is 8. The van der Waals surface area contributed by atoms with Crippen LogP contribution in [0.5, 0.6) is 5.75 Å². The van der Waals surface area contributed by atoms with Gasteiger partial charge in [0.25, 0.3) is 0 Å². The van der Waals surface area contributed by atoms with Crippen LogP contribution in [0.3, 0.4) is 0 Å². The van der Waals surface area contributed by atoms with Gasteiger partial charge in [-0.05, 0) is 89.5 Å². The second-order valence-electron chi connectivity index (χ2n) is 17.2. The molecule has 2 aliphatic heterocycles. The quantitative estimate of drug-likeness (QED) is 0.0760. The van der Waals surface area contributed by atoms with Gasteiger partial charge in [0.2, 0.25) is 5.79 Å². The Bertz CT molecular complexity index is 2280. The van der Waals surface area contributed by atoms with E-state index < -0.39 is 36.3 Å². The molecule has 2 aliphatic rings. The highest BCUT2D eigenvalue weighted by atomic mass is 35.5. The standard InChI is InChI=1S/C55H60ClNO7/c1-55(58,40-57-31-15-6-16-32-57)64-48-28-25-41(26-29-48)33-47-34-46(27-30-49(47)56)51-53(61-37-44-21-11-4-12-22-44)54(62-38-45-23-13-5-14-24-45)52(60-36-43-19-9-3-10-20-43)50(63-51)39-59-35-42-17-7-2-8-18-42/h2-5,7-14,17-30,34,50-54,58H,6,15-16,31-33,35-40H2,1H3/t50-,51+,52-,53+,54+,55+/m1/s1. The van der Waals surface area contributed by atoms with Crippen molar-refractivity contribution in [2.75, 3.05) is 26.2 Å². The number of rotatable bonds is 20. The largest absolute Gasteiger partial charge is 0.461 e. The molecule has 8 nitrogen and oxygen atoms in total. The van der Waals surface area contributed by atoms with E-state index in [1.54, 1.807) is 6.92 Å². The van der Waals surface area contributed by atoms with E-state index in [2.05, 4.69) is 59.5 Å². The zero-order chi connectivity index (χ0) is 44.0. The van der Waals surface area contributed by atoms with Gasteiger partial charge in [0.1, 0.15) is 36.3 Å². The normalized spacial score (nSPS) is 21.3. The number of likely N-dealkylation sites (tertiary alicyclic amines) is 1. The summed E-state index contributed by atoms with van der Waals surface area (Å²) in [4.78, 5) is 2.27. The van der Waals surface area contributed by atoms with Gasteiger partial charge in [-0.2, -0.15) is 0 Å². The Kier molecular flexibility index (Phi) is 16.3. The second kappa shape index (κ2) is 22.8. The predicted molar refractivity (Wildman–Crippen MR) is 251 cm³/mol. The van der Waals surface area contributed by atoms with E-state index >= 15 is 0 Å². The Labute approximate surface area is 383 Å². The predicted octanol–water partition coefficient (Wildman–Crippen LogP) is 10.9. The number of nitrogens with zero attached hydrogens (tertiary/aromatic N) is 1. The molecular formula is C55H60ClNO7. The van der Waals surface area contributed by atoms with Gasteiger partial charge >= 0.3 is 0 Å². The molecule has 2 saturated heterocycles. The van der Waals surface area contributed by atoms with E-state index in [0.29, 0.717) is 50.2 Å². The summed E-state index contributed by atoms with van der Waals surface area (Å²) in [6, 6.07) is 54.7. The van der Waals surface area contributed by atoms with Crippen molar-refractivity contribution in [2.45, 2.75) is 95.3 Å². The lowest BCUT2D eigenvalue weighted by atomic mass is 9.89. The minimum absolute atomic E-state index is 0.265. The third kappa shape index (κ3) is 13.1. The van der Waals surface area contributed by atoms with Gasteiger partial charge in [0.15, 0.2) is 0 Å². The minimum atomic E-state index is -1.30. The van der Waals surface area contributed by atoms with Crippen LogP contribution in [0.15, 0.2) is 164 Å². The molecule has 6 aromatic carbocycles. The van der Waals surface area contributed by atoms with Crippen LogP contribution in [0.4, 0.5) is 0 Å². The highest BCUT2D eigenvalue weighted by Crippen LogP contribution is 2.40. The van der Waals surface area contributed by atoms with Crippen LogP contribution in [0.25, 0.3) is 0 Å². The average molecular weight is 883 g/mol. The molecule has 6 aromatic rings. The maximum atomic E-state index is 11.1. The fraction of sp³-hybridized carbons (Fsp3) is 0.345. The Morgan fingerprint density at radius 1 is 0.594 bits per heavy atom. The van der Waals surface area contributed by atoms with Crippen molar-refractivity contribution in [3.8, 4) is 5.75 Å². The number of β-amino-alcohol motifs (C(OH)–C–C–N with tert-alkyl or cyclic N) is 1. The van der Waals surface area contributed by atoms with Crippen LogP contribution in [-0.2, 0) is 56.5 Å². The second-order valence-corrected chi connectivity index (χ2v) is 17.6. The molecule has 0 bridgehead atoms. The molecule has 2 heterocycles. The van der Waals surface area contributed by atoms with Gasteiger partial charge in [-0.3, -0.25) is 4.90 Å². The Balaban J connectivity index is 1.09. The summed E-state index contributed by atoms with van der Waals surface area (Å²) in [7, 11) is 0. The number of hydrogen-bond donors (Lipinski definition) is 1. The molecule has 6 atom stereocenters. The molecule has 0 amide bonds. The monoisotopic (exact) mass is 881 g/mol. The Hall–Kier alpha value is -4.87. The van der Waals surface area contributed by atoms with Crippen LogP contribution in [0.2, 0.25) is 5.02 Å². The SMILES string of the molecule is C[C@@](O)(CN1CCCCC1)Oc1ccc(Cc2cc([C@@H]3O[C@H](COCc4ccccc4)[C@@H](OCc4ccccc4)[C@H](OCc4ccccc4)[C@H]3OCc3ccccc3)ccc2Cl)cc1. The molecule has 0 saturated carbocycles. The van der Waals surface area contributed by atoms with E-state index in [4.69, 9.17) is 40.0 Å². The first-order valence-corrected chi connectivity index (χ1v) is 23.0. The third-order valence-corrected chi connectivity index (χ3v) is 12.3. The molecule has 8 rings (SSSR count). The van der Waals surface area contributed by atoms with Crippen molar-refractivity contribution in [1.29, 1.82) is 0 Å². The summed E-state index contributed by atoms with van der Waals surface area (Å²) < 4.78 is 40.7. The number of ether oxygens (including phenoxy) is 6. The lowest BCUT2D eigenvalue weighted by molar-refractivity contribution is -0.275. The zero-order valence-electron chi connectivity index (χ0n) is 36.7. The van der Waals surface area contributed by atoms with Crippen LogP contribution in [-0.4, -0.2) is 66.5 Å². The fourth-order valence-corrected chi connectivity index (χ4v) is 8.86. The van der Waals surface area contributed by atoms with E-state index in [1.807, 2.05) is 109 Å². The van der Waals surface area contributed by atoms with E-state index in [9.17, 15) is 5.11 Å². The Morgan fingerprint density at radius 2 is 1.11 bits per heavy atom. The van der Waals surface area contributed by atoms with Crippen molar-refractivity contribution in [1.82, 2.24) is 4.90 Å². The van der Waals surface area contributed by atoms with Gasteiger partial charge in [-0.1, -0.05) is 164 Å². The molecular weight excluding hydrogens is 822 g/mol. The summed E-state index contributed by atoms with van der Waals surface area (Å²) in [6.45, 7) is 5.91. The maximum absolute atomic E-state index is 11.1. The molecule has 2 fully saturated rings. The van der Waals surface area contributed by atoms with Gasteiger partial charge in [-0.15, -0.1) is 0 Å². The summed E-state index contributed by atoms with van der Waals surface area (Å²) >= 11 is 7.00. The lowest BCUT2D eigenvalue weighted by Gasteiger charge is -2.46. The minimum Gasteiger partial charge on any atom is -0.461 e. The number of aliphatic hydroxyl groups is 1. The smallest absolute Gasteiger partial charge is 0.218 e. The van der Waals surface area contributed by atoms with Crippen LogP contribution in [0, 0.1) is 0 Å². The molecule has 64 heavy (non-hydrogen) atoms. The first-order valence-electron chi connectivity index (χ1n) is 22.6. The van der Waals surface area contributed by atoms with E-state index in [0.717, 1.165) is 64.9 Å². The summed E-state index contributed by atoms with van der Waals surface area (Å²) in [5.74, 6) is -0.681. The third-order valence-electron chi connectivity index (χ3n) is 11.9. The summed E-state index contributed by atoms with van der Waals surface area (Å²) in [5, 5.41) is 11.8. The highest BCUT2D eigenvalue weighted by Gasteiger charge is 2.49. The van der Waals surface area contributed by atoms with Crippen LogP contribution in [0.1, 0.15) is 71.2 Å². The number of halogens is 1. The van der Waals surface area contributed by atoms with Gasteiger partial charge < -0.3 is 33.5 Å². The average Bonchev–Trinajstić information content (AvgIpc) is 3.32. The molecule has 334 valence electrons. The van der Waals surface area contributed by atoms with Crippen molar-refractivity contribution in [3.63, 3.8) is 0 Å². The van der Waals surface area contributed by atoms with E-state index in [-0.39, 0.29) is 6.61 Å². The first kappa shape index (κ1) is 45.7. The van der Waals surface area contributed by atoms with Crippen molar-refractivity contribution in [2.24, 2.45) is 0 Å². The summed E-state index contributed by atoms with van der Waals surface area (Å²) in [5.41, 5.74) is 7.10. The van der Waals surface area contributed by atoms with Crippen LogP contribution < -0.4 is 4.74 Å². The molecule has 0 radical (unpaired) electrons. The van der Waals surface area contributed by atoms with E-state index in [1.165, 1.54) is 6.42 Å². The molecule has 0 aliphatic carbocycles. The van der Waals surface area contributed by atoms with Gasteiger partial charge in [0, 0.05) is 11.9 Å². The molecule has 0 unspecified atom stereocenters. The fourth-order valence-electron chi connectivity index (χ4n) is 8.68. The molecule has 1 N–H and O–H groups in total. The molecule has 0 spiro atoms. The van der Waals surface area contributed by atoms with Gasteiger partial charge in [-0.25, -0.2) is 0 Å². The topological polar surface area (TPSA) is 78.9 Å². The molecule has 0 aromatic heterocycles. The number of benzene rings is 6. The highest BCUT2D eigenvalue weighted by molar-refractivity contribution is 6.31. The van der Waals surface area contributed by atoms with Crippen molar-refractivity contribution in [3.05, 3.63) is 208 Å². The zero-order valence-corrected chi connectivity index (χ0v) is 37.4.